The van der Waals surface area contributed by atoms with Gasteiger partial charge in [-0.1, -0.05) is 35.9 Å². The van der Waals surface area contributed by atoms with Crippen LogP contribution in [-0.2, 0) is 19.4 Å². The summed E-state index contributed by atoms with van der Waals surface area (Å²) in [6, 6.07) is 16.4. The quantitative estimate of drug-likeness (QED) is 0.357. The number of aryl methyl sites for hydroxylation is 2. The third-order valence-electron chi connectivity index (χ3n) is 7.04. The first-order valence-corrected chi connectivity index (χ1v) is 13.3. The van der Waals surface area contributed by atoms with Gasteiger partial charge in [0, 0.05) is 40.0 Å². The van der Waals surface area contributed by atoms with Crippen LogP contribution in [0.5, 0.6) is 0 Å². The summed E-state index contributed by atoms with van der Waals surface area (Å²) in [5.41, 5.74) is 10.2. The molecule has 2 aromatic heterocycles. The second kappa shape index (κ2) is 9.28. The van der Waals surface area contributed by atoms with Crippen molar-refractivity contribution in [1.82, 2.24) is 14.7 Å². The summed E-state index contributed by atoms with van der Waals surface area (Å²) in [7, 11) is 0. The molecule has 2 aliphatic rings. The van der Waals surface area contributed by atoms with Gasteiger partial charge in [-0.2, -0.15) is 5.10 Å². The molecule has 186 valence electrons. The SMILES string of the molecule is NC(=O)c1cc2c(s1)CCCn1ncc([C@H](Cc3cccc(Cl)c3)CN3C(=O)c4ccccc4C3=O)c1-2. The van der Waals surface area contributed by atoms with Crippen molar-refractivity contribution in [1.29, 1.82) is 0 Å². The Morgan fingerprint density at radius 3 is 2.51 bits per heavy atom. The van der Waals surface area contributed by atoms with Crippen LogP contribution < -0.4 is 5.73 Å². The monoisotopic (exact) mass is 530 g/mol. The van der Waals surface area contributed by atoms with Gasteiger partial charge >= 0.3 is 0 Å². The van der Waals surface area contributed by atoms with Crippen LogP contribution >= 0.6 is 22.9 Å². The third kappa shape index (κ3) is 4.16. The van der Waals surface area contributed by atoms with Crippen LogP contribution in [-0.4, -0.2) is 38.9 Å². The highest BCUT2D eigenvalue weighted by Gasteiger charge is 2.38. The molecule has 7 nitrogen and oxygen atoms in total. The number of thiophene rings is 1. The minimum atomic E-state index is -0.452. The fraction of sp³-hybridized carbons (Fsp3) is 0.214. The summed E-state index contributed by atoms with van der Waals surface area (Å²) in [5, 5.41) is 5.31. The molecule has 0 saturated carbocycles. The van der Waals surface area contributed by atoms with Gasteiger partial charge in [0.05, 0.1) is 27.9 Å². The van der Waals surface area contributed by atoms with E-state index in [1.54, 1.807) is 24.3 Å². The van der Waals surface area contributed by atoms with Crippen molar-refractivity contribution in [2.45, 2.75) is 31.7 Å². The highest BCUT2D eigenvalue weighted by molar-refractivity contribution is 7.14. The van der Waals surface area contributed by atoms with Crippen LogP contribution in [0.1, 0.15) is 58.7 Å². The second-order valence-electron chi connectivity index (χ2n) is 9.38. The predicted molar refractivity (Wildman–Crippen MR) is 142 cm³/mol. The molecule has 0 spiro atoms. The number of amides is 3. The Labute approximate surface area is 222 Å². The molecule has 2 N–H and O–H groups in total. The number of carbonyl (C=O) groups excluding carboxylic acids is 3. The molecule has 4 aromatic rings. The molecule has 0 fully saturated rings. The Kier molecular flexibility index (Phi) is 5.93. The van der Waals surface area contributed by atoms with E-state index in [1.807, 2.05) is 41.2 Å². The van der Waals surface area contributed by atoms with Crippen molar-refractivity contribution in [3.8, 4) is 11.3 Å². The molecule has 0 unspecified atom stereocenters. The van der Waals surface area contributed by atoms with E-state index in [0.717, 1.165) is 46.6 Å². The molecule has 0 radical (unpaired) electrons. The van der Waals surface area contributed by atoms with Gasteiger partial charge in [-0.3, -0.25) is 24.0 Å². The number of carbonyl (C=O) groups is 3. The van der Waals surface area contributed by atoms with Gasteiger partial charge in [-0.05, 0) is 55.2 Å². The molecule has 3 amide bonds. The molecule has 4 heterocycles. The Morgan fingerprint density at radius 1 is 1.05 bits per heavy atom. The van der Waals surface area contributed by atoms with E-state index in [2.05, 4.69) is 0 Å². The fourth-order valence-electron chi connectivity index (χ4n) is 5.33. The Morgan fingerprint density at radius 2 is 1.81 bits per heavy atom. The van der Waals surface area contributed by atoms with Gasteiger partial charge in [0.1, 0.15) is 0 Å². The molecule has 0 saturated heterocycles. The largest absolute Gasteiger partial charge is 0.365 e. The summed E-state index contributed by atoms with van der Waals surface area (Å²) in [5.74, 6) is -1.27. The van der Waals surface area contributed by atoms with Crippen molar-refractivity contribution in [3.05, 3.63) is 97.8 Å². The minimum absolute atomic E-state index is 0.194. The molecule has 0 aliphatic carbocycles. The lowest BCUT2D eigenvalue weighted by atomic mass is 9.89. The van der Waals surface area contributed by atoms with E-state index < -0.39 is 5.91 Å². The van der Waals surface area contributed by atoms with Crippen molar-refractivity contribution in [2.24, 2.45) is 5.73 Å². The maximum absolute atomic E-state index is 13.3. The third-order valence-corrected chi connectivity index (χ3v) is 8.49. The zero-order chi connectivity index (χ0) is 25.7. The summed E-state index contributed by atoms with van der Waals surface area (Å²) in [6.45, 7) is 0.930. The van der Waals surface area contributed by atoms with Crippen molar-refractivity contribution in [2.75, 3.05) is 6.54 Å². The molecule has 2 aromatic carbocycles. The van der Waals surface area contributed by atoms with Gasteiger partial charge in [0.2, 0.25) is 0 Å². The van der Waals surface area contributed by atoms with Gasteiger partial charge in [0.25, 0.3) is 17.7 Å². The van der Waals surface area contributed by atoms with Crippen LogP contribution in [0.3, 0.4) is 0 Å². The van der Waals surface area contributed by atoms with Gasteiger partial charge in [-0.25, -0.2) is 0 Å². The van der Waals surface area contributed by atoms with E-state index in [4.69, 9.17) is 22.4 Å². The average molecular weight is 531 g/mol. The first kappa shape index (κ1) is 23.6. The van der Waals surface area contributed by atoms with E-state index in [0.29, 0.717) is 27.4 Å². The first-order chi connectivity index (χ1) is 17.9. The standard InChI is InChI=1S/C28H23ClN4O3S/c29-18-6-3-5-16(12-18)11-17(15-32-27(35)19-7-1-2-8-20(19)28(32)36)22-14-31-33-10-4-9-23-21(25(22)33)13-24(37-23)26(30)34/h1-3,5-8,12-14,17H,4,9-11,15H2,(H2,30,34)/t17-/m1/s1. The lowest BCUT2D eigenvalue weighted by Crippen LogP contribution is -2.34. The summed E-state index contributed by atoms with van der Waals surface area (Å²) >= 11 is 7.71. The van der Waals surface area contributed by atoms with Gasteiger partial charge in [0.15, 0.2) is 0 Å². The van der Waals surface area contributed by atoms with Crippen molar-refractivity contribution in [3.63, 3.8) is 0 Å². The number of hydrogen-bond donors (Lipinski definition) is 1. The molecule has 37 heavy (non-hydrogen) atoms. The molecule has 0 bridgehead atoms. The van der Waals surface area contributed by atoms with Gasteiger partial charge < -0.3 is 5.73 Å². The molecular formula is C28H23ClN4O3S. The minimum Gasteiger partial charge on any atom is -0.365 e. The van der Waals surface area contributed by atoms with E-state index in [1.165, 1.54) is 16.2 Å². The smallest absolute Gasteiger partial charge is 0.261 e. The zero-order valence-electron chi connectivity index (χ0n) is 19.8. The van der Waals surface area contributed by atoms with Crippen LogP contribution in [0, 0.1) is 0 Å². The maximum atomic E-state index is 13.3. The topological polar surface area (TPSA) is 98.3 Å². The van der Waals surface area contributed by atoms with Crippen molar-refractivity contribution < 1.29 is 14.4 Å². The molecule has 6 rings (SSSR count). The van der Waals surface area contributed by atoms with Crippen LogP contribution in [0.2, 0.25) is 5.02 Å². The van der Waals surface area contributed by atoms with Crippen LogP contribution in [0.15, 0.2) is 60.8 Å². The average Bonchev–Trinajstić information content (AvgIpc) is 3.52. The van der Waals surface area contributed by atoms with E-state index in [9.17, 15) is 14.4 Å². The van der Waals surface area contributed by atoms with Crippen LogP contribution in [0.25, 0.3) is 11.3 Å². The van der Waals surface area contributed by atoms with Gasteiger partial charge in [-0.15, -0.1) is 11.3 Å². The molecule has 9 heteroatoms. The van der Waals surface area contributed by atoms with E-state index in [-0.39, 0.29) is 24.3 Å². The number of imide groups is 1. The normalized spacial score (nSPS) is 15.2. The number of hydrogen-bond acceptors (Lipinski definition) is 5. The number of benzene rings is 2. The van der Waals surface area contributed by atoms with Crippen LogP contribution in [0.4, 0.5) is 0 Å². The highest BCUT2D eigenvalue weighted by Crippen LogP contribution is 2.40. The molecule has 2 aliphatic heterocycles. The molecule has 1 atom stereocenters. The number of halogens is 1. The lowest BCUT2D eigenvalue weighted by Gasteiger charge is -2.23. The number of nitrogens with zero attached hydrogens (tertiary/aromatic N) is 3. The van der Waals surface area contributed by atoms with E-state index >= 15 is 0 Å². The maximum Gasteiger partial charge on any atom is 0.261 e. The first-order valence-electron chi connectivity index (χ1n) is 12.1. The lowest BCUT2D eigenvalue weighted by molar-refractivity contribution is 0.0643. The summed E-state index contributed by atoms with van der Waals surface area (Å²) < 4.78 is 1.96. The number of aromatic nitrogens is 2. The van der Waals surface area contributed by atoms with Crippen molar-refractivity contribution >= 4 is 40.7 Å². The Bertz CT molecular complexity index is 1540. The predicted octanol–water partition coefficient (Wildman–Crippen LogP) is 4.93. The summed E-state index contributed by atoms with van der Waals surface area (Å²) in [6.07, 6.45) is 4.10. The fourth-order valence-corrected chi connectivity index (χ4v) is 6.60. The number of primary amides is 1. The Hall–Kier alpha value is -3.75. The Balaban J connectivity index is 1.45. The number of rotatable bonds is 6. The number of nitrogens with two attached hydrogens (primary N) is 1. The number of fused-ring (bicyclic) bond motifs is 4. The molecular weight excluding hydrogens is 508 g/mol. The highest BCUT2D eigenvalue weighted by atomic mass is 35.5. The second-order valence-corrected chi connectivity index (χ2v) is 11.0. The summed E-state index contributed by atoms with van der Waals surface area (Å²) in [4.78, 5) is 41.4. The zero-order valence-corrected chi connectivity index (χ0v) is 21.4.